The number of piperidine rings is 1. The molecule has 2 heterocycles. The lowest BCUT2D eigenvalue weighted by molar-refractivity contribution is 0.102. The SMILES string of the molecule is CN(C)c1ccc(NC(=O)c2cnc(N3CCCCC3)cn2)cc1. The highest BCUT2D eigenvalue weighted by molar-refractivity contribution is 6.02. The number of carbonyl (C=O) groups excluding carboxylic acids is 1. The van der Waals surface area contributed by atoms with Crippen molar-refractivity contribution in [1.82, 2.24) is 9.97 Å². The van der Waals surface area contributed by atoms with Crippen LogP contribution in [0.4, 0.5) is 17.2 Å². The highest BCUT2D eigenvalue weighted by Crippen LogP contribution is 2.18. The first kappa shape index (κ1) is 16.2. The van der Waals surface area contributed by atoms with Gasteiger partial charge in [-0.1, -0.05) is 0 Å². The number of hydrogen-bond acceptors (Lipinski definition) is 5. The second-order valence-corrected chi connectivity index (χ2v) is 6.20. The number of amides is 1. The molecule has 24 heavy (non-hydrogen) atoms. The van der Waals surface area contributed by atoms with Crippen LogP contribution in [0.25, 0.3) is 0 Å². The molecule has 0 saturated carbocycles. The molecular weight excluding hydrogens is 302 g/mol. The normalized spacial score (nSPS) is 14.3. The number of aromatic nitrogens is 2. The summed E-state index contributed by atoms with van der Waals surface area (Å²) >= 11 is 0. The third kappa shape index (κ3) is 3.82. The van der Waals surface area contributed by atoms with Gasteiger partial charge in [-0.15, -0.1) is 0 Å². The fourth-order valence-corrected chi connectivity index (χ4v) is 2.76. The van der Waals surface area contributed by atoms with Gasteiger partial charge in [-0.25, -0.2) is 9.97 Å². The summed E-state index contributed by atoms with van der Waals surface area (Å²) in [6, 6.07) is 7.67. The molecule has 3 rings (SSSR count). The van der Waals surface area contributed by atoms with Gasteiger partial charge < -0.3 is 15.1 Å². The van der Waals surface area contributed by atoms with Gasteiger partial charge in [0.2, 0.25) is 0 Å². The molecule has 6 heteroatoms. The molecule has 126 valence electrons. The van der Waals surface area contributed by atoms with Crippen molar-refractivity contribution in [2.24, 2.45) is 0 Å². The fraction of sp³-hybridized carbons (Fsp3) is 0.389. The molecule has 0 atom stereocenters. The van der Waals surface area contributed by atoms with Crippen LogP contribution in [0.15, 0.2) is 36.7 Å². The van der Waals surface area contributed by atoms with Gasteiger partial charge in [0.25, 0.3) is 5.91 Å². The van der Waals surface area contributed by atoms with E-state index < -0.39 is 0 Å². The predicted molar refractivity (Wildman–Crippen MR) is 96.8 cm³/mol. The molecule has 1 fully saturated rings. The smallest absolute Gasteiger partial charge is 0.275 e. The first-order chi connectivity index (χ1) is 11.6. The van der Waals surface area contributed by atoms with Crippen molar-refractivity contribution in [3.8, 4) is 0 Å². The van der Waals surface area contributed by atoms with Crippen LogP contribution in [0.2, 0.25) is 0 Å². The van der Waals surface area contributed by atoms with Crippen molar-refractivity contribution in [2.75, 3.05) is 42.3 Å². The van der Waals surface area contributed by atoms with Gasteiger partial charge >= 0.3 is 0 Å². The maximum Gasteiger partial charge on any atom is 0.275 e. The summed E-state index contributed by atoms with van der Waals surface area (Å²) in [5.74, 6) is 0.604. The van der Waals surface area contributed by atoms with Crippen molar-refractivity contribution >= 4 is 23.1 Å². The van der Waals surface area contributed by atoms with Gasteiger partial charge in [0.1, 0.15) is 11.5 Å². The van der Waals surface area contributed by atoms with Gasteiger partial charge in [0, 0.05) is 38.6 Å². The molecule has 1 saturated heterocycles. The highest BCUT2D eigenvalue weighted by atomic mass is 16.1. The molecular formula is C18H23N5O. The van der Waals surface area contributed by atoms with Crippen LogP contribution < -0.4 is 15.1 Å². The zero-order valence-corrected chi connectivity index (χ0v) is 14.2. The Bertz CT molecular complexity index is 676. The fourth-order valence-electron chi connectivity index (χ4n) is 2.76. The van der Waals surface area contributed by atoms with E-state index in [-0.39, 0.29) is 5.91 Å². The van der Waals surface area contributed by atoms with Crippen LogP contribution in [0.1, 0.15) is 29.8 Å². The third-order valence-electron chi connectivity index (χ3n) is 4.19. The molecule has 0 aliphatic carbocycles. The second-order valence-electron chi connectivity index (χ2n) is 6.20. The molecule has 2 aromatic rings. The standard InChI is InChI=1S/C18H23N5O/c1-22(2)15-8-6-14(7-9-15)21-18(24)16-12-20-17(13-19-16)23-10-4-3-5-11-23/h6-9,12-13H,3-5,10-11H2,1-2H3,(H,21,24). The van der Waals surface area contributed by atoms with E-state index in [0.29, 0.717) is 5.69 Å². The van der Waals surface area contributed by atoms with E-state index in [4.69, 9.17) is 0 Å². The van der Waals surface area contributed by atoms with Crippen LogP contribution in [0.5, 0.6) is 0 Å². The van der Waals surface area contributed by atoms with Crippen LogP contribution in [0.3, 0.4) is 0 Å². The summed E-state index contributed by atoms with van der Waals surface area (Å²) in [5, 5.41) is 2.85. The largest absolute Gasteiger partial charge is 0.378 e. The first-order valence-electron chi connectivity index (χ1n) is 8.29. The number of nitrogens with zero attached hydrogens (tertiary/aromatic N) is 4. The lowest BCUT2D eigenvalue weighted by Gasteiger charge is -2.27. The molecule has 1 aliphatic rings. The maximum atomic E-state index is 12.3. The minimum atomic E-state index is -0.245. The van der Waals surface area contributed by atoms with Crippen LogP contribution in [-0.4, -0.2) is 43.1 Å². The Hall–Kier alpha value is -2.63. The minimum absolute atomic E-state index is 0.245. The number of anilines is 3. The van der Waals surface area contributed by atoms with Crippen molar-refractivity contribution in [3.63, 3.8) is 0 Å². The number of carbonyl (C=O) groups is 1. The average molecular weight is 325 g/mol. The third-order valence-corrected chi connectivity index (χ3v) is 4.19. The Labute approximate surface area is 142 Å². The Morgan fingerprint density at radius 3 is 2.33 bits per heavy atom. The second kappa shape index (κ2) is 7.29. The Morgan fingerprint density at radius 1 is 1.04 bits per heavy atom. The molecule has 0 spiro atoms. The summed E-state index contributed by atoms with van der Waals surface area (Å²) < 4.78 is 0. The molecule has 0 unspecified atom stereocenters. The van der Waals surface area contributed by atoms with E-state index in [2.05, 4.69) is 20.2 Å². The van der Waals surface area contributed by atoms with Crippen molar-refractivity contribution in [1.29, 1.82) is 0 Å². The monoisotopic (exact) mass is 325 g/mol. The number of nitrogens with one attached hydrogen (secondary N) is 1. The maximum absolute atomic E-state index is 12.3. The lowest BCUT2D eigenvalue weighted by atomic mass is 10.1. The van der Waals surface area contributed by atoms with Gasteiger partial charge in [0.15, 0.2) is 0 Å². The molecule has 1 aromatic heterocycles. The van der Waals surface area contributed by atoms with Crippen LogP contribution in [0, 0.1) is 0 Å². The summed E-state index contributed by atoms with van der Waals surface area (Å²) in [6.45, 7) is 2.02. The first-order valence-corrected chi connectivity index (χ1v) is 8.29. The van der Waals surface area contributed by atoms with Crippen molar-refractivity contribution < 1.29 is 4.79 Å². The Kier molecular flexibility index (Phi) is 4.93. The zero-order chi connectivity index (χ0) is 16.9. The van der Waals surface area contributed by atoms with Crippen LogP contribution in [-0.2, 0) is 0 Å². The number of rotatable bonds is 4. The van der Waals surface area contributed by atoms with E-state index in [0.717, 1.165) is 30.3 Å². The number of hydrogen-bond donors (Lipinski definition) is 1. The van der Waals surface area contributed by atoms with Crippen LogP contribution >= 0.6 is 0 Å². The molecule has 0 radical (unpaired) electrons. The topological polar surface area (TPSA) is 61.4 Å². The van der Waals surface area contributed by atoms with Gasteiger partial charge in [0.05, 0.1) is 12.4 Å². The highest BCUT2D eigenvalue weighted by Gasteiger charge is 2.14. The summed E-state index contributed by atoms with van der Waals surface area (Å²) in [6.07, 6.45) is 6.89. The van der Waals surface area contributed by atoms with Gasteiger partial charge in [-0.05, 0) is 43.5 Å². The van der Waals surface area contributed by atoms with E-state index in [9.17, 15) is 4.79 Å². The summed E-state index contributed by atoms with van der Waals surface area (Å²) in [7, 11) is 3.96. The molecule has 1 amide bonds. The van der Waals surface area contributed by atoms with Gasteiger partial charge in [-0.2, -0.15) is 0 Å². The quantitative estimate of drug-likeness (QED) is 0.936. The molecule has 1 N–H and O–H groups in total. The van der Waals surface area contributed by atoms with E-state index in [1.807, 2.05) is 43.3 Å². The predicted octanol–water partition coefficient (Wildman–Crippen LogP) is 2.79. The molecule has 1 aliphatic heterocycles. The molecule has 1 aromatic carbocycles. The Morgan fingerprint density at radius 2 is 1.75 bits per heavy atom. The van der Waals surface area contributed by atoms with E-state index >= 15 is 0 Å². The molecule has 6 nitrogen and oxygen atoms in total. The molecule has 0 bridgehead atoms. The van der Waals surface area contributed by atoms with E-state index in [1.165, 1.54) is 19.3 Å². The minimum Gasteiger partial charge on any atom is -0.378 e. The number of benzene rings is 1. The average Bonchev–Trinajstić information content (AvgIpc) is 2.63. The van der Waals surface area contributed by atoms with Crippen molar-refractivity contribution in [2.45, 2.75) is 19.3 Å². The van der Waals surface area contributed by atoms with E-state index in [1.54, 1.807) is 12.4 Å². The zero-order valence-electron chi connectivity index (χ0n) is 14.2. The van der Waals surface area contributed by atoms with Gasteiger partial charge in [-0.3, -0.25) is 4.79 Å². The summed E-state index contributed by atoms with van der Waals surface area (Å²) in [4.78, 5) is 25.2. The van der Waals surface area contributed by atoms with Crippen molar-refractivity contribution in [3.05, 3.63) is 42.4 Å². The Balaban J connectivity index is 1.64. The lowest BCUT2D eigenvalue weighted by Crippen LogP contribution is -2.30. The summed E-state index contributed by atoms with van der Waals surface area (Å²) in [5.41, 5.74) is 2.15.